The Bertz CT molecular complexity index is 1140. The highest BCUT2D eigenvalue weighted by molar-refractivity contribution is 6.11. The molecule has 2 aromatic rings. The van der Waals surface area contributed by atoms with E-state index < -0.39 is 48.1 Å². The van der Waals surface area contributed by atoms with Gasteiger partial charge in [0.05, 0.1) is 29.1 Å². The highest BCUT2D eigenvalue weighted by atomic mass is 19.4. The molecule has 3 amide bonds. The number of likely N-dealkylation sites (tertiary alicyclic amines) is 1. The van der Waals surface area contributed by atoms with Gasteiger partial charge in [0.2, 0.25) is 5.91 Å². The van der Waals surface area contributed by atoms with Crippen molar-refractivity contribution < 1.29 is 41.5 Å². The second kappa shape index (κ2) is 9.43. The molecule has 0 bridgehead atoms. The summed E-state index contributed by atoms with van der Waals surface area (Å²) >= 11 is 0. The molecule has 186 valence electrons. The maximum Gasteiger partial charge on any atom is 0.416 e. The summed E-state index contributed by atoms with van der Waals surface area (Å²) in [5, 5.41) is 2.33. The number of nitrogens with zero attached hydrogens (tertiary/aromatic N) is 2. The van der Waals surface area contributed by atoms with Gasteiger partial charge in [0, 0.05) is 13.1 Å². The maximum atomic E-state index is 13.0. The molecule has 3 heterocycles. The third-order valence-corrected chi connectivity index (χ3v) is 5.94. The Hall–Kier alpha value is -3.83. The van der Waals surface area contributed by atoms with E-state index in [2.05, 4.69) is 5.32 Å². The van der Waals surface area contributed by atoms with Crippen LogP contribution in [0.1, 0.15) is 35.9 Å². The summed E-state index contributed by atoms with van der Waals surface area (Å²) < 4.78 is 49.5. The summed E-state index contributed by atoms with van der Waals surface area (Å²) in [4.78, 5) is 52.6. The van der Waals surface area contributed by atoms with E-state index in [4.69, 9.17) is 9.15 Å². The van der Waals surface area contributed by atoms with Crippen LogP contribution < -0.4 is 10.2 Å². The number of amides is 3. The molecule has 2 aliphatic heterocycles. The summed E-state index contributed by atoms with van der Waals surface area (Å²) in [6.45, 7) is 1.53. The number of carbonyl (C=O) groups excluding carboxylic acids is 4. The molecule has 0 saturated carbocycles. The highest BCUT2D eigenvalue weighted by Gasteiger charge is 2.37. The maximum absolute atomic E-state index is 13.0. The zero-order valence-corrected chi connectivity index (χ0v) is 18.6. The summed E-state index contributed by atoms with van der Waals surface area (Å²) in [7, 11) is 0. The number of piperidine rings is 1. The van der Waals surface area contributed by atoms with Crippen LogP contribution in [-0.4, -0.2) is 54.3 Å². The number of fused-ring (bicyclic) bond motifs is 1. The lowest BCUT2D eigenvalue weighted by Crippen LogP contribution is -2.48. The van der Waals surface area contributed by atoms with Gasteiger partial charge in [0.15, 0.2) is 11.9 Å². The molecule has 1 fully saturated rings. The van der Waals surface area contributed by atoms with Gasteiger partial charge < -0.3 is 19.4 Å². The number of furan rings is 1. The number of rotatable bonds is 4. The number of carbonyl (C=O) groups is 4. The second-order valence-electron chi connectivity index (χ2n) is 8.33. The standard InChI is InChI=1S/C23H22F3N3O6/c1-13(35-22(33)14-6-8-28(9-7-14)21(32)18-3-2-10-34-18)20(31)29-12-19(30)27-16-11-15(23(24,25)26)4-5-17(16)29/h2-5,10-11,13-14H,6-9,12H2,1H3,(H,27,30). The Morgan fingerprint density at radius 2 is 1.89 bits per heavy atom. The second-order valence-corrected chi connectivity index (χ2v) is 8.33. The van der Waals surface area contributed by atoms with Gasteiger partial charge in [-0.15, -0.1) is 0 Å². The van der Waals surface area contributed by atoms with E-state index in [-0.39, 0.29) is 23.0 Å². The van der Waals surface area contributed by atoms with E-state index in [0.29, 0.717) is 25.9 Å². The van der Waals surface area contributed by atoms with Crippen LogP contribution in [0.2, 0.25) is 0 Å². The van der Waals surface area contributed by atoms with E-state index >= 15 is 0 Å². The zero-order valence-electron chi connectivity index (χ0n) is 18.6. The van der Waals surface area contributed by atoms with Gasteiger partial charge in [-0.25, -0.2) is 0 Å². The van der Waals surface area contributed by atoms with Crippen LogP contribution >= 0.6 is 0 Å². The van der Waals surface area contributed by atoms with Crippen LogP contribution in [0.5, 0.6) is 0 Å². The summed E-state index contributed by atoms with van der Waals surface area (Å²) in [6.07, 6.45) is -3.82. The van der Waals surface area contributed by atoms with Crippen molar-refractivity contribution in [2.24, 2.45) is 5.92 Å². The minimum Gasteiger partial charge on any atom is -0.459 e. The molecule has 1 saturated heterocycles. The Kier molecular flexibility index (Phi) is 6.55. The lowest BCUT2D eigenvalue weighted by atomic mass is 9.96. The lowest BCUT2D eigenvalue weighted by Gasteiger charge is -2.33. The van der Waals surface area contributed by atoms with Gasteiger partial charge in [0.25, 0.3) is 11.8 Å². The van der Waals surface area contributed by atoms with Crippen LogP contribution in [-0.2, 0) is 25.3 Å². The SMILES string of the molecule is CC(OC(=O)C1CCN(C(=O)c2ccco2)CC1)C(=O)N1CC(=O)Nc2cc(C(F)(F)F)ccc21. The van der Waals surface area contributed by atoms with Crippen LogP contribution in [0.3, 0.4) is 0 Å². The monoisotopic (exact) mass is 493 g/mol. The fourth-order valence-electron chi connectivity index (χ4n) is 4.08. The van der Waals surface area contributed by atoms with E-state index in [0.717, 1.165) is 23.1 Å². The van der Waals surface area contributed by atoms with Crippen molar-refractivity contribution in [2.45, 2.75) is 32.0 Å². The molecule has 0 aliphatic carbocycles. The molecular weight excluding hydrogens is 471 g/mol. The first-order valence-electron chi connectivity index (χ1n) is 10.9. The number of nitrogens with one attached hydrogen (secondary N) is 1. The van der Waals surface area contributed by atoms with Crippen molar-refractivity contribution in [3.05, 3.63) is 47.9 Å². The number of hydrogen-bond donors (Lipinski definition) is 1. The van der Waals surface area contributed by atoms with Gasteiger partial charge in [-0.3, -0.25) is 24.1 Å². The fourth-order valence-corrected chi connectivity index (χ4v) is 4.08. The molecule has 12 heteroatoms. The highest BCUT2D eigenvalue weighted by Crippen LogP contribution is 2.37. The third kappa shape index (κ3) is 5.15. The normalized spacial score (nSPS) is 17.4. The predicted octanol–water partition coefficient (Wildman–Crippen LogP) is 3.07. The number of hydrogen-bond acceptors (Lipinski definition) is 6. The minimum atomic E-state index is -4.62. The number of anilines is 2. The van der Waals surface area contributed by atoms with Gasteiger partial charge in [-0.1, -0.05) is 0 Å². The predicted molar refractivity (Wildman–Crippen MR) is 115 cm³/mol. The molecule has 1 aromatic heterocycles. The quantitative estimate of drug-likeness (QED) is 0.656. The molecule has 4 rings (SSSR count). The first-order valence-corrected chi connectivity index (χ1v) is 10.9. The fraction of sp³-hybridized carbons (Fsp3) is 0.391. The third-order valence-electron chi connectivity index (χ3n) is 5.94. The Morgan fingerprint density at radius 3 is 2.51 bits per heavy atom. The van der Waals surface area contributed by atoms with E-state index in [1.165, 1.54) is 13.2 Å². The molecule has 0 radical (unpaired) electrons. The van der Waals surface area contributed by atoms with E-state index in [9.17, 15) is 32.3 Å². The van der Waals surface area contributed by atoms with Crippen LogP contribution in [0.25, 0.3) is 0 Å². The first kappa shape index (κ1) is 24.3. The lowest BCUT2D eigenvalue weighted by molar-refractivity contribution is -0.159. The van der Waals surface area contributed by atoms with Crippen molar-refractivity contribution >= 4 is 35.1 Å². The van der Waals surface area contributed by atoms with Gasteiger partial charge in [-0.2, -0.15) is 13.2 Å². The molecule has 2 aliphatic rings. The van der Waals surface area contributed by atoms with Gasteiger partial charge in [0.1, 0.15) is 6.54 Å². The Labute approximate surface area is 197 Å². The summed E-state index contributed by atoms with van der Waals surface area (Å²) in [5.74, 6) is -2.63. The van der Waals surface area contributed by atoms with Gasteiger partial charge in [-0.05, 0) is 50.1 Å². The molecule has 35 heavy (non-hydrogen) atoms. The number of esters is 1. The van der Waals surface area contributed by atoms with E-state index in [1.54, 1.807) is 17.0 Å². The minimum absolute atomic E-state index is 0.0789. The number of benzene rings is 1. The van der Waals surface area contributed by atoms with Crippen LogP contribution in [0.4, 0.5) is 24.5 Å². The molecular formula is C23H22F3N3O6. The topological polar surface area (TPSA) is 109 Å². The molecule has 9 nitrogen and oxygen atoms in total. The van der Waals surface area contributed by atoms with Crippen LogP contribution in [0, 0.1) is 5.92 Å². The van der Waals surface area contributed by atoms with E-state index in [1.807, 2.05) is 0 Å². The molecule has 0 spiro atoms. The van der Waals surface area contributed by atoms with Crippen molar-refractivity contribution in [2.75, 3.05) is 29.9 Å². The average Bonchev–Trinajstić information content (AvgIpc) is 3.36. The molecule has 1 atom stereocenters. The Morgan fingerprint density at radius 1 is 1.17 bits per heavy atom. The van der Waals surface area contributed by atoms with Crippen molar-refractivity contribution in [1.82, 2.24) is 4.90 Å². The molecule has 1 aromatic carbocycles. The van der Waals surface area contributed by atoms with Crippen molar-refractivity contribution in [1.29, 1.82) is 0 Å². The summed E-state index contributed by atoms with van der Waals surface area (Å²) in [5.41, 5.74) is -1.05. The first-order chi connectivity index (χ1) is 16.5. The van der Waals surface area contributed by atoms with Crippen molar-refractivity contribution in [3.8, 4) is 0 Å². The average molecular weight is 493 g/mol. The van der Waals surface area contributed by atoms with Gasteiger partial charge >= 0.3 is 12.1 Å². The molecule has 1 N–H and O–H groups in total. The molecule has 1 unspecified atom stereocenters. The largest absolute Gasteiger partial charge is 0.459 e. The zero-order chi connectivity index (χ0) is 25.3. The number of alkyl halides is 3. The number of halogens is 3. The Balaban J connectivity index is 1.38. The number of ether oxygens (including phenoxy) is 1. The smallest absolute Gasteiger partial charge is 0.416 e. The van der Waals surface area contributed by atoms with Crippen LogP contribution in [0.15, 0.2) is 41.0 Å². The van der Waals surface area contributed by atoms with Crippen molar-refractivity contribution in [3.63, 3.8) is 0 Å². The summed E-state index contributed by atoms with van der Waals surface area (Å²) in [6, 6.07) is 5.82.